The average molecular weight is 453 g/mol. The Balaban J connectivity index is 1.84. The minimum absolute atomic E-state index is 0.244. The summed E-state index contributed by atoms with van der Waals surface area (Å²) < 4.78 is 1.81. The summed E-state index contributed by atoms with van der Waals surface area (Å²) in [7, 11) is 0. The molecule has 1 aliphatic rings. The molecule has 116 valence electrons. The Hall–Kier alpha value is -1.37. The fraction of sp³-hybridized carbons (Fsp3) is 0.0588. The highest BCUT2D eigenvalue weighted by molar-refractivity contribution is 9.10. The Labute approximate surface area is 155 Å². The van der Waals surface area contributed by atoms with Crippen molar-refractivity contribution in [3.05, 3.63) is 73.5 Å². The quantitative estimate of drug-likeness (QED) is 0.581. The Morgan fingerprint density at radius 3 is 2.57 bits per heavy atom. The van der Waals surface area contributed by atoms with Crippen molar-refractivity contribution in [2.75, 3.05) is 0 Å². The molecule has 0 atom stereocenters. The summed E-state index contributed by atoms with van der Waals surface area (Å²) in [4.78, 5) is 26.4. The molecule has 2 aromatic rings. The van der Waals surface area contributed by atoms with Crippen molar-refractivity contribution in [1.82, 2.24) is 4.90 Å². The molecule has 2 aromatic carbocycles. The van der Waals surface area contributed by atoms with Crippen molar-refractivity contribution in [2.24, 2.45) is 0 Å². The van der Waals surface area contributed by atoms with Crippen molar-refractivity contribution >= 4 is 60.8 Å². The predicted molar refractivity (Wildman–Crippen MR) is 99.8 cm³/mol. The van der Waals surface area contributed by atoms with Crippen LogP contribution in [0.2, 0.25) is 0 Å². The van der Waals surface area contributed by atoms with Crippen LogP contribution in [0, 0.1) is 0 Å². The molecule has 3 rings (SSSR count). The van der Waals surface area contributed by atoms with Gasteiger partial charge in [0.2, 0.25) is 0 Å². The van der Waals surface area contributed by atoms with Crippen LogP contribution in [-0.2, 0) is 11.3 Å². The molecule has 0 unspecified atom stereocenters. The Morgan fingerprint density at radius 1 is 1.04 bits per heavy atom. The second-order valence-electron chi connectivity index (χ2n) is 4.91. The third-order valence-electron chi connectivity index (χ3n) is 3.31. The molecule has 1 saturated heterocycles. The molecule has 0 aliphatic carbocycles. The van der Waals surface area contributed by atoms with E-state index in [1.54, 1.807) is 6.08 Å². The number of amides is 2. The Kier molecular flexibility index (Phi) is 5.04. The van der Waals surface area contributed by atoms with Gasteiger partial charge in [0.15, 0.2) is 0 Å². The van der Waals surface area contributed by atoms with E-state index in [0.29, 0.717) is 4.91 Å². The number of imide groups is 1. The van der Waals surface area contributed by atoms with Crippen LogP contribution >= 0.6 is 43.6 Å². The maximum atomic E-state index is 12.5. The summed E-state index contributed by atoms with van der Waals surface area (Å²) in [5.41, 5.74) is 1.78. The molecule has 0 bridgehead atoms. The smallest absolute Gasteiger partial charge is 0.268 e. The topological polar surface area (TPSA) is 37.4 Å². The van der Waals surface area contributed by atoms with Crippen molar-refractivity contribution in [3.63, 3.8) is 0 Å². The summed E-state index contributed by atoms with van der Waals surface area (Å²) in [5, 5.41) is -0.244. The van der Waals surface area contributed by atoms with E-state index in [-0.39, 0.29) is 17.7 Å². The van der Waals surface area contributed by atoms with Crippen molar-refractivity contribution < 1.29 is 9.59 Å². The molecule has 1 aliphatic heterocycles. The lowest BCUT2D eigenvalue weighted by molar-refractivity contribution is -0.123. The molecule has 0 N–H and O–H groups in total. The number of halogens is 2. The van der Waals surface area contributed by atoms with Gasteiger partial charge in [-0.1, -0.05) is 62.2 Å². The first kappa shape index (κ1) is 16.5. The molecule has 0 spiro atoms. The highest BCUT2D eigenvalue weighted by Gasteiger charge is 2.35. The number of carbonyl (C=O) groups excluding carboxylic acids is 2. The lowest BCUT2D eigenvalue weighted by Gasteiger charge is -2.13. The third kappa shape index (κ3) is 3.76. The van der Waals surface area contributed by atoms with Gasteiger partial charge >= 0.3 is 0 Å². The number of nitrogens with zero attached hydrogens (tertiary/aromatic N) is 1. The van der Waals surface area contributed by atoms with E-state index in [0.717, 1.165) is 31.8 Å². The number of rotatable bonds is 3. The minimum atomic E-state index is -0.254. The highest BCUT2D eigenvalue weighted by Crippen LogP contribution is 2.34. The molecule has 0 aromatic heterocycles. The van der Waals surface area contributed by atoms with Crippen LogP contribution in [0.1, 0.15) is 11.1 Å². The Bertz CT molecular complexity index is 820. The van der Waals surface area contributed by atoms with Gasteiger partial charge < -0.3 is 0 Å². The van der Waals surface area contributed by atoms with E-state index in [9.17, 15) is 9.59 Å². The second-order valence-corrected chi connectivity index (χ2v) is 7.68. The molecule has 3 nitrogen and oxygen atoms in total. The number of hydrogen-bond acceptors (Lipinski definition) is 3. The summed E-state index contributed by atoms with van der Waals surface area (Å²) in [5.74, 6) is -0.254. The van der Waals surface area contributed by atoms with Gasteiger partial charge in [-0.25, -0.2) is 0 Å². The first-order valence-corrected chi connectivity index (χ1v) is 9.19. The number of thioether (sulfide) groups is 1. The zero-order valence-electron chi connectivity index (χ0n) is 11.8. The Morgan fingerprint density at radius 2 is 1.83 bits per heavy atom. The van der Waals surface area contributed by atoms with Gasteiger partial charge in [0.05, 0.1) is 11.4 Å². The van der Waals surface area contributed by atoms with Gasteiger partial charge in [0.25, 0.3) is 11.1 Å². The molecule has 0 saturated carbocycles. The molecular weight excluding hydrogens is 442 g/mol. The number of hydrogen-bond donors (Lipinski definition) is 0. The zero-order chi connectivity index (χ0) is 16.4. The van der Waals surface area contributed by atoms with Crippen molar-refractivity contribution in [3.8, 4) is 0 Å². The summed E-state index contributed by atoms with van der Waals surface area (Å²) >= 11 is 7.82. The molecule has 1 heterocycles. The summed E-state index contributed by atoms with van der Waals surface area (Å²) in [6.07, 6.45) is 1.75. The third-order valence-corrected chi connectivity index (χ3v) is 5.48. The molecule has 6 heteroatoms. The van der Waals surface area contributed by atoms with Gasteiger partial charge in [-0.3, -0.25) is 14.5 Å². The monoisotopic (exact) mass is 451 g/mol. The van der Waals surface area contributed by atoms with Crippen molar-refractivity contribution in [1.29, 1.82) is 0 Å². The van der Waals surface area contributed by atoms with E-state index < -0.39 is 0 Å². The standard InChI is InChI=1S/C17H11Br2NO2S/c18-13-6-3-4-11(8-13)9-15-16(21)20(17(22)23-15)10-12-5-1-2-7-14(12)19/h1-9H,10H2/b15-9+. The minimum Gasteiger partial charge on any atom is -0.268 e. The van der Waals surface area contributed by atoms with Gasteiger partial charge in [0, 0.05) is 8.95 Å². The van der Waals surface area contributed by atoms with Gasteiger partial charge in [-0.05, 0) is 47.2 Å². The highest BCUT2D eigenvalue weighted by atomic mass is 79.9. The number of benzene rings is 2. The summed E-state index contributed by atoms with van der Waals surface area (Å²) in [6.45, 7) is 0.266. The van der Waals surface area contributed by atoms with Crippen molar-refractivity contribution in [2.45, 2.75) is 6.54 Å². The zero-order valence-corrected chi connectivity index (χ0v) is 15.8. The van der Waals surface area contributed by atoms with E-state index in [1.165, 1.54) is 4.90 Å². The van der Waals surface area contributed by atoms with Crippen LogP contribution in [0.5, 0.6) is 0 Å². The molecule has 23 heavy (non-hydrogen) atoms. The SMILES string of the molecule is O=C1S/C(=C/c2cccc(Br)c2)C(=O)N1Cc1ccccc1Br. The number of carbonyl (C=O) groups is 2. The lowest BCUT2D eigenvalue weighted by atomic mass is 10.2. The second kappa shape index (κ2) is 7.03. The normalized spacial score (nSPS) is 16.4. The fourth-order valence-electron chi connectivity index (χ4n) is 2.18. The predicted octanol–water partition coefficient (Wildman–Crippen LogP) is 5.45. The largest absolute Gasteiger partial charge is 0.293 e. The van der Waals surface area contributed by atoms with Crippen LogP contribution in [0.3, 0.4) is 0 Å². The van der Waals surface area contributed by atoms with Crippen LogP contribution in [0.4, 0.5) is 4.79 Å². The fourth-order valence-corrected chi connectivity index (χ4v) is 3.85. The van der Waals surface area contributed by atoms with Crippen LogP contribution < -0.4 is 0 Å². The van der Waals surface area contributed by atoms with Gasteiger partial charge in [-0.15, -0.1) is 0 Å². The summed E-state index contributed by atoms with van der Waals surface area (Å²) in [6, 6.07) is 15.2. The molecule has 2 amide bonds. The maximum Gasteiger partial charge on any atom is 0.293 e. The van der Waals surface area contributed by atoms with E-state index in [2.05, 4.69) is 31.9 Å². The van der Waals surface area contributed by atoms with Gasteiger partial charge in [0.1, 0.15) is 0 Å². The molecule has 1 fully saturated rings. The van der Waals surface area contributed by atoms with E-state index in [4.69, 9.17) is 0 Å². The van der Waals surface area contributed by atoms with E-state index in [1.807, 2.05) is 48.5 Å². The lowest BCUT2D eigenvalue weighted by Crippen LogP contribution is -2.27. The first-order chi connectivity index (χ1) is 11.0. The maximum absolute atomic E-state index is 12.5. The van der Waals surface area contributed by atoms with E-state index >= 15 is 0 Å². The van der Waals surface area contributed by atoms with Gasteiger partial charge in [-0.2, -0.15) is 0 Å². The van der Waals surface area contributed by atoms with Crippen LogP contribution in [-0.4, -0.2) is 16.0 Å². The molecular formula is C17H11Br2NO2S. The van der Waals surface area contributed by atoms with Crippen LogP contribution in [0.15, 0.2) is 62.4 Å². The average Bonchev–Trinajstić information content (AvgIpc) is 2.77. The van der Waals surface area contributed by atoms with Crippen LogP contribution in [0.25, 0.3) is 6.08 Å². The first-order valence-electron chi connectivity index (χ1n) is 6.79. The molecule has 0 radical (unpaired) electrons.